The fraction of sp³-hybridized carbons (Fsp3) is 0.500. The van der Waals surface area contributed by atoms with Gasteiger partial charge in [-0.15, -0.1) is 0 Å². The lowest BCUT2D eigenvalue weighted by atomic mass is 10.2. The minimum atomic E-state index is -3.57. The smallest absolute Gasteiger partial charge is 0.242 e. The first kappa shape index (κ1) is 16.4. The number of nitrogen functional groups attached to an aromatic ring is 1. The summed E-state index contributed by atoms with van der Waals surface area (Å²) in [6.07, 6.45) is 0.739. The monoisotopic (exact) mass is 349 g/mol. The molecular formula is C12H20BrN3O2S. The van der Waals surface area contributed by atoms with Crippen LogP contribution in [-0.4, -0.2) is 40.0 Å². The van der Waals surface area contributed by atoms with Crippen LogP contribution in [-0.2, 0) is 10.0 Å². The Kier molecular flexibility index (Phi) is 5.79. The lowest BCUT2D eigenvalue weighted by molar-refractivity contribution is 0.379. The van der Waals surface area contributed by atoms with E-state index in [1.165, 1.54) is 6.07 Å². The van der Waals surface area contributed by atoms with E-state index in [0.29, 0.717) is 0 Å². The molecule has 1 aromatic carbocycles. The second-order valence-corrected chi connectivity index (χ2v) is 7.39. The minimum absolute atomic E-state index is 0.118. The summed E-state index contributed by atoms with van der Waals surface area (Å²) in [5.41, 5.74) is 5.99. The van der Waals surface area contributed by atoms with E-state index in [0.717, 1.165) is 17.4 Å². The molecule has 7 heteroatoms. The first-order chi connectivity index (χ1) is 8.72. The van der Waals surface area contributed by atoms with Crippen molar-refractivity contribution in [1.82, 2.24) is 9.62 Å². The molecule has 1 aromatic rings. The highest BCUT2D eigenvalue weighted by Crippen LogP contribution is 2.22. The zero-order valence-electron chi connectivity index (χ0n) is 11.4. The number of sulfonamides is 1. The van der Waals surface area contributed by atoms with Crippen LogP contribution in [0.15, 0.2) is 27.6 Å². The SMILES string of the molecule is CC(CCN(C)C)NS(=O)(=O)c1ccc(Br)cc1N. The van der Waals surface area contributed by atoms with Crippen LogP contribution in [0.5, 0.6) is 0 Å². The molecule has 0 heterocycles. The second kappa shape index (κ2) is 6.69. The van der Waals surface area contributed by atoms with Crippen LogP contribution >= 0.6 is 15.9 Å². The van der Waals surface area contributed by atoms with Crippen molar-refractivity contribution < 1.29 is 8.42 Å². The Morgan fingerprint density at radius 1 is 1.42 bits per heavy atom. The molecule has 19 heavy (non-hydrogen) atoms. The van der Waals surface area contributed by atoms with Crippen LogP contribution in [0.3, 0.4) is 0 Å². The first-order valence-corrected chi connectivity index (χ1v) is 8.22. The Morgan fingerprint density at radius 3 is 2.58 bits per heavy atom. The van der Waals surface area contributed by atoms with Gasteiger partial charge in [0, 0.05) is 10.5 Å². The van der Waals surface area contributed by atoms with E-state index in [9.17, 15) is 8.42 Å². The molecule has 0 aliphatic rings. The minimum Gasteiger partial charge on any atom is -0.398 e. The van der Waals surface area contributed by atoms with Crippen molar-refractivity contribution >= 4 is 31.6 Å². The third-order valence-electron chi connectivity index (χ3n) is 2.63. The molecule has 0 aromatic heterocycles. The average molecular weight is 350 g/mol. The molecule has 5 nitrogen and oxygen atoms in total. The van der Waals surface area contributed by atoms with Gasteiger partial charge in [-0.05, 0) is 52.2 Å². The molecule has 1 atom stereocenters. The fourth-order valence-electron chi connectivity index (χ4n) is 1.60. The number of halogens is 1. The zero-order chi connectivity index (χ0) is 14.6. The van der Waals surface area contributed by atoms with Crippen molar-refractivity contribution in [2.24, 2.45) is 0 Å². The van der Waals surface area contributed by atoms with Gasteiger partial charge in [0.15, 0.2) is 0 Å². The third-order valence-corrected chi connectivity index (χ3v) is 4.78. The molecular weight excluding hydrogens is 330 g/mol. The van der Waals surface area contributed by atoms with E-state index in [4.69, 9.17) is 5.73 Å². The Bertz CT molecular complexity index is 532. The van der Waals surface area contributed by atoms with Crippen molar-refractivity contribution in [2.45, 2.75) is 24.3 Å². The van der Waals surface area contributed by atoms with E-state index in [1.807, 2.05) is 25.9 Å². The summed E-state index contributed by atoms with van der Waals surface area (Å²) in [6.45, 7) is 2.66. The Morgan fingerprint density at radius 2 is 2.05 bits per heavy atom. The zero-order valence-corrected chi connectivity index (χ0v) is 13.8. The van der Waals surface area contributed by atoms with Gasteiger partial charge in [-0.1, -0.05) is 15.9 Å². The lowest BCUT2D eigenvalue weighted by Gasteiger charge is -2.17. The molecule has 3 N–H and O–H groups in total. The van der Waals surface area contributed by atoms with Gasteiger partial charge in [0.2, 0.25) is 10.0 Å². The van der Waals surface area contributed by atoms with Gasteiger partial charge in [-0.25, -0.2) is 13.1 Å². The number of hydrogen-bond donors (Lipinski definition) is 2. The van der Waals surface area contributed by atoms with Gasteiger partial charge in [0.05, 0.1) is 5.69 Å². The summed E-state index contributed by atoms with van der Waals surface area (Å²) in [5.74, 6) is 0. The molecule has 0 amide bonds. The van der Waals surface area contributed by atoms with Crippen molar-refractivity contribution in [3.05, 3.63) is 22.7 Å². The van der Waals surface area contributed by atoms with Crippen LogP contribution in [0.4, 0.5) is 5.69 Å². The van der Waals surface area contributed by atoms with Crippen LogP contribution in [0, 0.1) is 0 Å². The topological polar surface area (TPSA) is 75.4 Å². The van der Waals surface area contributed by atoms with Gasteiger partial charge in [0.25, 0.3) is 0 Å². The van der Waals surface area contributed by atoms with Gasteiger partial charge >= 0.3 is 0 Å². The highest BCUT2D eigenvalue weighted by atomic mass is 79.9. The quantitative estimate of drug-likeness (QED) is 0.765. The van der Waals surface area contributed by atoms with Crippen molar-refractivity contribution in [3.63, 3.8) is 0 Å². The molecule has 0 bridgehead atoms. The fourth-order valence-corrected chi connectivity index (χ4v) is 3.37. The van der Waals surface area contributed by atoms with Crippen LogP contribution in [0.1, 0.15) is 13.3 Å². The molecule has 0 spiro atoms. The average Bonchev–Trinajstić information content (AvgIpc) is 2.25. The van der Waals surface area contributed by atoms with Gasteiger partial charge in [-0.2, -0.15) is 0 Å². The van der Waals surface area contributed by atoms with Gasteiger partial charge < -0.3 is 10.6 Å². The molecule has 0 aliphatic heterocycles. The van der Waals surface area contributed by atoms with Crippen LogP contribution < -0.4 is 10.5 Å². The molecule has 0 aliphatic carbocycles. The summed E-state index contributed by atoms with van der Waals surface area (Å²) in [6, 6.07) is 4.60. The van der Waals surface area contributed by atoms with Gasteiger partial charge in [-0.3, -0.25) is 0 Å². The number of anilines is 1. The summed E-state index contributed by atoms with van der Waals surface area (Å²) in [4.78, 5) is 2.13. The van der Waals surface area contributed by atoms with E-state index in [-0.39, 0.29) is 16.6 Å². The Balaban J connectivity index is 2.81. The number of nitrogens with one attached hydrogen (secondary N) is 1. The van der Waals surface area contributed by atoms with E-state index < -0.39 is 10.0 Å². The molecule has 108 valence electrons. The first-order valence-electron chi connectivity index (χ1n) is 5.94. The summed E-state index contributed by atoms with van der Waals surface area (Å²) < 4.78 is 27.8. The van der Waals surface area contributed by atoms with Gasteiger partial charge in [0.1, 0.15) is 4.90 Å². The number of nitrogens with two attached hydrogens (primary N) is 1. The van der Waals surface area contributed by atoms with E-state index in [2.05, 4.69) is 20.7 Å². The van der Waals surface area contributed by atoms with Crippen LogP contribution in [0.25, 0.3) is 0 Å². The van der Waals surface area contributed by atoms with E-state index >= 15 is 0 Å². The predicted molar refractivity (Wildman–Crippen MR) is 81.5 cm³/mol. The summed E-state index contributed by atoms with van der Waals surface area (Å²) >= 11 is 3.25. The maximum Gasteiger partial charge on any atom is 0.242 e. The molecule has 0 saturated heterocycles. The predicted octanol–water partition coefficient (Wildman–Crippen LogP) is 1.65. The molecule has 1 rings (SSSR count). The third kappa shape index (κ3) is 5.10. The molecule has 0 saturated carbocycles. The summed E-state index contributed by atoms with van der Waals surface area (Å²) in [5, 5.41) is 0. The standard InChI is InChI=1S/C12H20BrN3O2S/c1-9(6-7-16(2)3)15-19(17,18)12-5-4-10(13)8-11(12)14/h4-5,8-9,15H,6-7,14H2,1-3H3. The second-order valence-electron chi connectivity index (χ2n) is 4.80. The van der Waals surface area contributed by atoms with Crippen LogP contribution in [0.2, 0.25) is 0 Å². The number of hydrogen-bond acceptors (Lipinski definition) is 4. The Hall–Kier alpha value is -0.630. The maximum absolute atomic E-state index is 12.2. The van der Waals surface area contributed by atoms with Crippen molar-refractivity contribution in [2.75, 3.05) is 26.4 Å². The number of nitrogens with zero attached hydrogens (tertiary/aromatic N) is 1. The van der Waals surface area contributed by atoms with Crippen molar-refractivity contribution in [3.8, 4) is 0 Å². The molecule has 0 fully saturated rings. The van der Waals surface area contributed by atoms with E-state index in [1.54, 1.807) is 12.1 Å². The lowest BCUT2D eigenvalue weighted by Crippen LogP contribution is -2.35. The Labute approximate surface area is 123 Å². The maximum atomic E-state index is 12.2. The molecule has 1 unspecified atom stereocenters. The highest BCUT2D eigenvalue weighted by molar-refractivity contribution is 9.10. The number of benzene rings is 1. The summed E-state index contributed by atoms with van der Waals surface area (Å²) in [7, 11) is 0.335. The largest absolute Gasteiger partial charge is 0.398 e. The normalized spacial score (nSPS) is 13.7. The van der Waals surface area contributed by atoms with Crippen molar-refractivity contribution in [1.29, 1.82) is 0 Å². The highest BCUT2D eigenvalue weighted by Gasteiger charge is 2.20. The molecule has 0 radical (unpaired) electrons. The number of rotatable bonds is 6.